The topological polar surface area (TPSA) is 73.2 Å². The summed E-state index contributed by atoms with van der Waals surface area (Å²) in [4.78, 5) is 24.3. The number of nitrogens with zero attached hydrogens (tertiary/aromatic N) is 2. The summed E-state index contributed by atoms with van der Waals surface area (Å²) in [6.07, 6.45) is 0. The molecule has 0 atom stereocenters. The molecule has 2 aromatic carbocycles. The number of rotatable bonds is 6. The Hall–Kier alpha value is -3.19. The first-order chi connectivity index (χ1) is 13.8. The van der Waals surface area contributed by atoms with Crippen LogP contribution in [0.25, 0.3) is 0 Å². The van der Waals surface area contributed by atoms with E-state index in [9.17, 15) is 14.0 Å². The summed E-state index contributed by atoms with van der Waals surface area (Å²) in [5, 5.41) is 6.88. The predicted molar refractivity (Wildman–Crippen MR) is 108 cm³/mol. The van der Waals surface area contributed by atoms with E-state index in [-0.39, 0.29) is 16.4 Å². The highest BCUT2D eigenvalue weighted by Gasteiger charge is 2.22. The van der Waals surface area contributed by atoms with Gasteiger partial charge in [-0.2, -0.15) is 5.10 Å². The van der Waals surface area contributed by atoms with Gasteiger partial charge in [0.05, 0.1) is 12.2 Å². The molecule has 0 saturated heterocycles. The van der Waals surface area contributed by atoms with Gasteiger partial charge in [-0.3, -0.25) is 4.79 Å². The van der Waals surface area contributed by atoms with E-state index in [1.54, 1.807) is 6.92 Å². The lowest BCUT2D eigenvalue weighted by atomic mass is 10.1. The fourth-order valence-electron chi connectivity index (χ4n) is 2.72. The molecule has 3 rings (SSSR count). The van der Waals surface area contributed by atoms with Crippen molar-refractivity contribution in [2.75, 3.05) is 11.9 Å². The number of carbonyl (C=O) groups excluding carboxylic acids is 2. The summed E-state index contributed by atoms with van der Waals surface area (Å²) < 4.78 is 19.7. The van der Waals surface area contributed by atoms with Gasteiger partial charge in [0.25, 0.3) is 5.91 Å². The molecule has 1 heterocycles. The molecule has 3 aromatic rings. The van der Waals surface area contributed by atoms with Crippen molar-refractivity contribution < 1.29 is 18.7 Å². The third-order valence-electron chi connectivity index (χ3n) is 4.17. The molecule has 0 radical (unpaired) electrons. The molecule has 8 heteroatoms. The lowest BCUT2D eigenvalue weighted by Crippen LogP contribution is -2.21. The molecule has 0 aliphatic carbocycles. The van der Waals surface area contributed by atoms with Crippen molar-refractivity contribution in [1.29, 1.82) is 0 Å². The van der Waals surface area contributed by atoms with Crippen LogP contribution < -0.4 is 5.32 Å². The second kappa shape index (κ2) is 8.87. The van der Waals surface area contributed by atoms with E-state index in [1.807, 2.05) is 31.2 Å². The van der Waals surface area contributed by atoms with Gasteiger partial charge >= 0.3 is 5.97 Å². The Morgan fingerprint density at radius 3 is 2.59 bits per heavy atom. The molecule has 0 unspecified atom stereocenters. The largest absolute Gasteiger partial charge is 0.452 e. The van der Waals surface area contributed by atoms with Crippen molar-refractivity contribution in [2.24, 2.45) is 0 Å². The summed E-state index contributed by atoms with van der Waals surface area (Å²) in [5.41, 5.74) is 2.90. The summed E-state index contributed by atoms with van der Waals surface area (Å²) in [5.74, 6) is -1.83. The summed E-state index contributed by atoms with van der Waals surface area (Å²) in [6, 6.07) is 13.3. The Balaban J connectivity index is 1.64. The Labute approximate surface area is 172 Å². The maximum atomic E-state index is 13.2. The van der Waals surface area contributed by atoms with Gasteiger partial charge in [0, 0.05) is 5.69 Å². The summed E-state index contributed by atoms with van der Waals surface area (Å²) in [7, 11) is 0. The Morgan fingerprint density at radius 1 is 1.17 bits per heavy atom. The van der Waals surface area contributed by atoms with Gasteiger partial charge in [-0.05, 0) is 37.6 Å². The molecule has 0 bridgehead atoms. The maximum Gasteiger partial charge on any atom is 0.343 e. The number of aryl methyl sites for hydroxylation is 2. The molecule has 150 valence electrons. The van der Waals surface area contributed by atoms with Crippen LogP contribution in [0.5, 0.6) is 0 Å². The average molecular weight is 416 g/mol. The standard InChI is InChI=1S/C21H19ClFN3O3/c1-13-6-8-15(9-7-13)11-26-20(22)19(14(2)25-26)21(28)29-12-18(27)24-17-5-3-4-16(23)10-17/h3-10H,11-12H2,1-2H3,(H,24,27). The molecule has 0 saturated carbocycles. The fourth-order valence-corrected chi connectivity index (χ4v) is 3.03. The highest BCUT2D eigenvalue weighted by atomic mass is 35.5. The second-order valence-electron chi connectivity index (χ2n) is 6.53. The second-order valence-corrected chi connectivity index (χ2v) is 6.89. The van der Waals surface area contributed by atoms with Crippen LogP contribution in [-0.2, 0) is 16.1 Å². The molecular formula is C21H19ClFN3O3. The van der Waals surface area contributed by atoms with Crippen molar-refractivity contribution in [2.45, 2.75) is 20.4 Å². The smallest absolute Gasteiger partial charge is 0.343 e. The first kappa shape index (κ1) is 20.5. The van der Waals surface area contributed by atoms with Crippen molar-refractivity contribution in [3.63, 3.8) is 0 Å². The Kier molecular flexibility index (Phi) is 6.29. The van der Waals surface area contributed by atoms with Crippen molar-refractivity contribution in [1.82, 2.24) is 9.78 Å². The molecule has 0 aliphatic heterocycles. The number of aromatic nitrogens is 2. The zero-order chi connectivity index (χ0) is 21.0. The van der Waals surface area contributed by atoms with E-state index in [0.717, 1.165) is 17.2 Å². The fraction of sp³-hybridized carbons (Fsp3) is 0.190. The first-order valence-electron chi connectivity index (χ1n) is 8.84. The number of carbonyl (C=O) groups is 2. The Bertz CT molecular complexity index is 1050. The molecule has 6 nitrogen and oxygen atoms in total. The molecule has 0 aliphatic rings. The van der Waals surface area contributed by atoms with Gasteiger partial charge in [-0.25, -0.2) is 13.9 Å². The number of nitrogens with one attached hydrogen (secondary N) is 1. The molecule has 0 fully saturated rings. The maximum absolute atomic E-state index is 13.2. The number of amides is 1. The monoisotopic (exact) mass is 415 g/mol. The van der Waals surface area contributed by atoms with Gasteiger partial charge in [0.2, 0.25) is 0 Å². The minimum Gasteiger partial charge on any atom is -0.452 e. The number of esters is 1. The highest BCUT2D eigenvalue weighted by Crippen LogP contribution is 2.22. The van der Waals surface area contributed by atoms with Crippen LogP contribution in [0.4, 0.5) is 10.1 Å². The zero-order valence-electron chi connectivity index (χ0n) is 15.9. The lowest BCUT2D eigenvalue weighted by Gasteiger charge is -2.07. The summed E-state index contributed by atoms with van der Waals surface area (Å²) in [6.45, 7) is 3.50. The molecule has 0 spiro atoms. The quantitative estimate of drug-likeness (QED) is 0.614. The minimum absolute atomic E-state index is 0.109. The van der Waals surface area contributed by atoms with E-state index in [1.165, 1.54) is 22.9 Å². The number of anilines is 1. The average Bonchev–Trinajstić information content (AvgIpc) is 2.95. The normalized spacial score (nSPS) is 10.6. The van der Waals surface area contributed by atoms with Gasteiger partial charge in [0.1, 0.15) is 16.5 Å². The highest BCUT2D eigenvalue weighted by molar-refractivity contribution is 6.32. The van der Waals surface area contributed by atoms with Gasteiger partial charge in [-0.1, -0.05) is 47.5 Å². The minimum atomic E-state index is -0.753. The van der Waals surface area contributed by atoms with Crippen molar-refractivity contribution in [3.05, 3.63) is 81.9 Å². The number of hydrogen-bond donors (Lipinski definition) is 1. The third kappa shape index (κ3) is 5.20. The SMILES string of the molecule is Cc1ccc(Cn2nc(C)c(C(=O)OCC(=O)Nc3cccc(F)c3)c2Cl)cc1. The van der Waals surface area contributed by atoms with E-state index in [2.05, 4.69) is 10.4 Å². The molecular weight excluding hydrogens is 397 g/mol. The van der Waals surface area contributed by atoms with Crippen LogP contribution in [0.1, 0.15) is 27.2 Å². The van der Waals surface area contributed by atoms with Crippen molar-refractivity contribution in [3.8, 4) is 0 Å². The van der Waals surface area contributed by atoms with Gasteiger partial charge in [-0.15, -0.1) is 0 Å². The number of halogens is 2. The zero-order valence-corrected chi connectivity index (χ0v) is 16.7. The molecule has 1 aromatic heterocycles. The van der Waals surface area contributed by atoms with Gasteiger partial charge < -0.3 is 10.1 Å². The third-order valence-corrected chi connectivity index (χ3v) is 4.55. The first-order valence-corrected chi connectivity index (χ1v) is 9.22. The van der Waals surface area contributed by atoms with Gasteiger partial charge in [0.15, 0.2) is 6.61 Å². The number of hydrogen-bond acceptors (Lipinski definition) is 4. The molecule has 29 heavy (non-hydrogen) atoms. The van der Waals surface area contributed by atoms with Crippen molar-refractivity contribution >= 4 is 29.2 Å². The van der Waals surface area contributed by atoms with E-state index in [4.69, 9.17) is 16.3 Å². The number of ether oxygens (including phenoxy) is 1. The van der Waals surface area contributed by atoms with Crippen LogP contribution in [0.3, 0.4) is 0 Å². The molecule has 1 amide bonds. The van der Waals surface area contributed by atoms with Crippen LogP contribution >= 0.6 is 11.6 Å². The van der Waals surface area contributed by atoms with E-state index >= 15 is 0 Å². The van der Waals surface area contributed by atoms with Crippen LogP contribution in [-0.4, -0.2) is 28.3 Å². The van der Waals surface area contributed by atoms with Crippen LogP contribution in [0, 0.1) is 19.7 Å². The van der Waals surface area contributed by atoms with Crippen LogP contribution in [0.15, 0.2) is 48.5 Å². The van der Waals surface area contributed by atoms with E-state index in [0.29, 0.717) is 12.2 Å². The molecule has 1 N–H and O–H groups in total. The van der Waals surface area contributed by atoms with Crippen LogP contribution in [0.2, 0.25) is 5.15 Å². The Morgan fingerprint density at radius 2 is 1.90 bits per heavy atom. The predicted octanol–water partition coefficient (Wildman–Crippen LogP) is 4.14. The van der Waals surface area contributed by atoms with E-state index < -0.39 is 24.3 Å². The lowest BCUT2D eigenvalue weighted by molar-refractivity contribution is -0.119. The summed E-state index contributed by atoms with van der Waals surface area (Å²) >= 11 is 6.33. The number of benzene rings is 2.